The lowest BCUT2D eigenvalue weighted by molar-refractivity contribution is 0.127. The Morgan fingerprint density at radius 1 is 1.50 bits per heavy atom. The van der Waals surface area contributed by atoms with Gasteiger partial charge in [-0.25, -0.2) is 9.97 Å². The van der Waals surface area contributed by atoms with Gasteiger partial charge in [-0.1, -0.05) is 6.92 Å². The Morgan fingerprint density at radius 2 is 2.39 bits per heavy atom. The van der Waals surface area contributed by atoms with Crippen molar-refractivity contribution in [3.05, 3.63) is 24.3 Å². The van der Waals surface area contributed by atoms with Gasteiger partial charge in [0.05, 0.1) is 5.69 Å². The van der Waals surface area contributed by atoms with Gasteiger partial charge in [-0.3, -0.25) is 4.90 Å². The second-order valence-corrected chi connectivity index (χ2v) is 5.20. The highest BCUT2D eigenvalue weighted by atomic mass is 15.2. The average molecular weight is 248 g/mol. The molecule has 0 saturated carbocycles. The summed E-state index contributed by atoms with van der Waals surface area (Å²) in [4.78, 5) is 10.8. The number of nitrogens with zero attached hydrogens (tertiary/aromatic N) is 3. The molecule has 1 saturated heterocycles. The fraction of sp³-hybridized carbons (Fsp3) is 0.714. The molecule has 1 N–H and O–H groups in total. The molecular weight excluding hydrogens is 224 g/mol. The number of piperidine rings is 1. The van der Waals surface area contributed by atoms with Crippen molar-refractivity contribution in [1.82, 2.24) is 20.2 Å². The van der Waals surface area contributed by atoms with Crippen LogP contribution in [0.15, 0.2) is 18.6 Å². The van der Waals surface area contributed by atoms with Crippen LogP contribution in [0.3, 0.4) is 0 Å². The van der Waals surface area contributed by atoms with Crippen LogP contribution in [-0.2, 0) is 6.54 Å². The standard InChI is InChI=1S/C14H24N4/c1-3-6-16-13-5-8-18(12(2)9-13)10-14-4-7-15-11-17-14/h4,7,11-13,16H,3,5-6,8-10H2,1-2H3. The third-order valence-electron chi connectivity index (χ3n) is 3.71. The van der Waals surface area contributed by atoms with Gasteiger partial charge >= 0.3 is 0 Å². The summed E-state index contributed by atoms with van der Waals surface area (Å²) in [5.74, 6) is 0. The second kappa shape index (κ2) is 6.81. The van der Waals surface area contributed by atoms with E-state index in [-0.39, 0.29) is 0 Å². The first-order valence-corrected chi connectivity index (χ1v) is 7.02. The molecular formula is C14H24N4. The van der Waals surface area contributed by atoms with E-state index in [1.165, 1.54) is 19.3 Å². The molecule has 2 unspecified atom stereocenters. The normalized spacial score (nSPS) is 25.2. The molecule has 1 fully saturated rings. The minimum Gasteiger partial charge on any atom is -0.314 e. The van der Waals surface area contributed by atoms with Crippen LogP contribution in [0.1, 0.15) is 38.8 Å². The first-order chi connectivity index (χ1) is 8.79. The van der Waals surface area contributed by atoms with Crippen molar-refractivity contribution in [2.24, 2.45) is 0 Å². The topological polar surface area (TPSA) is 41.0 Å². The summed E-state index contributed by atoms with van der Waals surface area (Å²) in [5.41, 5.74) is 1.12. The molecule has 2 heterocycles. The van der Waals surface area contributed by atoms with Crippen molar-refractivity contribution in [3.63, 3.8) is 0 Å². The SMILES string of the molecule is CCCNC1CCN(Cc2ccncn2)C(C)C1. The van der Waals surface area contributed by atoms with Crippen molar-refractivity contribution >= 4 is 0 Å². The van der Waals surface area contributed by atoms with Crippen molar-refractivity contribution in [2.45, 2.75) is 51.7 Å². The third kappa shape index (κ3) is 3.75. The molecule has 1 aromatic heterocycles. The number of hydrogen-bond donors (Lipinski definition) is 1. The minimum atomic E-state index is 0.628. The van der Waals surface area contributed by atoms with Crippen LogP contribution in [0, 0.1) is 0 Å². The molecule has 0 amide bonds. The summed E-state index contributed by atoms with van der Waals surface area (Å²) in [6.45, 7) is 7.79. The van der Waals surface area contributed by atoms with Gasteiger partial charge in [0.1, 0.15) is 6.33 Å². The average Bonchev–Trinajstić information content (AvgIpc) is 2.40. The van der Waals surface area contributed by atoms with Crippen molar-refractivity contribution in [2.75, 3.05) is 13.1 Å². The Labute approximate surface area is 110 Å². The zero-order valence-electron chi connectivity index (χ0n) is 11.5. The number of likely N-dealkylation sites (tertiary alicyclic amines) is 1. The largest absolute Gasteiger partial charge is 0.314 e. The van der Waals surface area contributed by atoms with Crippen molar-refractivity contribution < 1.29 is 0 Å². The minimum absolute atomic E-state index is 0.628. The van der Waals surface area contributed by atoms with Crippen LogP contribution in [0.4, 0.5) is 0 Å². The highest BCUT2D eigenvalue weighted by Crippen LogP contribution is 2.19. The molecule has 1 aliphatic rings. The lowest BCUT2D eigenvalue weighted by Crippen LogP contribution is -2.47. The molecule has 4 nitrogen and oxygen atoms in total. The zero-order chi connectivity index (χ0) is 12.8. The Bertz CT molecular complexity index is 341. The number of aromatic nitrogens is 2. The van der Waals surface area contributed by atoms with E-state index in [2.05, 4.69) is 34.0 Å². The number of rotatable bonds is 5. The third-order valence-corrected chi connectivity index (χ3v) is 3.71. The van der Waals surface area contributed by atoms with E-state index < -0.39 is 0 Å². The van der Waals surface area contributed by atoms with Crippen LogP contribution < -0.4 is 5.32 Å². The van der Waals surface area contributed by atoms with Gasteiger partial charge in [0, 0.05) is 31.4 Å². The van der Waals surface area contributed by atoms with Crippen LogP contribution in [0.5, 0.6) is 0 Å². The molecule has 0 spiro atoms. The Balaban J connectivity index is 1.82. The number of hydrogen-bond acceptors (Lipinski definition) is 4. The van der Waals surface area contributed by atoms with Gasteiger partial charge < -0.3 is 5.32 Å². The van der Waals surface area contributed by atoms with E-state index in [9.17, 15) is 0 Å². The maximum Gasteiger partial charge on any atom is 0.115 e. The van der Waals surface area contributed by atoms with E-state index in [0.717, 1.165) is 25.3 Å². The molecule has 100 valence electrons. The van der Waals surface area contributed by atoms with Crippen LogP contribution in [-0.4, -0.2) is 40.0 Å². The van der Waals surface area contributed by atoms with E-state index >= 15 is 0 Å². The summed E-state index contributed by atoms with van der Waals surface area (Å²) >= 11 is 0. The van der Waals surface area contributed by atoms with Gasteiger partial charge in [-0.2, -0.15) is 0 Å². The molecule has 2 atom stereocenters. The molecule has 18 heavy (non-hydrogen) atoms. The summed E-state index contributed by atoms with van der Waals surface area (Å²) in [6.07, 6.45) is 7.16. The van der Waals surface area contributed by atoms with Crippen molar-refractivity contribution in [1.29, 1.82) is 0 Å². The lowest BCUT2D eigenvalue weighted by atomic mass is 9.98. The quantitative estimate of drug-likeness (QED) is 0.863. The fourth-order valence-electron chi connectivity index (χ4n) is 2.61. The summed E-state index contributed by atoms with van der Waals surface area (Å²) in [5, 5.41) is 3.63. The molecule has 1 aliphatic heterocycles. The second-order valence-electron chi connectivity index (χ2n) is 5.20. The lowest BCUT2D eigenvalue weighted by Gasteiger charge is -2.37. The molecule has 2 rings (SSSR count). The highest BCUT2D eigenvalue weighted by molar-refractivity contribution is 4.99. The van der Waals surface area contributed by atoms with Gasteiger partial charge in [0.15, 0.2) is 0 Å². The molecule has 0 bridgehead atoms. The Hall–Kier alpha value is -1.00. The first-order valence-electron chi connectivity index (χ1n) is 7.02. The first kappa shape index (κ1) is 13.4. The van der Waals surface area contributed by atoms with E-state index in [0.29, 0.717) is 12.1 Å². The Kier molecular flexibility index (Phi) is 5.08. The molecule has 0 radical (unpaired) electrons. The zero-order valence-corrected chi connectivity index (χ0v) is 11.5. The monoisotopic (exact) mass is 248 g/mol. The van der Waals surface area contributed by atoms with E-state index in [4.69, 9.17) is 0 Å². The molecule has 4 heteroatoms. The van der Waals surface area contributed by atoms with Gasteiger partial charge in [0.25, 0.3) is 0 Å². The summed E-state index contributed by atoms with van der Waals surface area (Å²) in [6, 6.07) is 3.33. The molecule has 0 aliphatic carbocycles. The Morgan fingerprint density at radius 3 is 3.06 bits per heavy atom. The maximum atomic E-state index is 4.31. The van der Waals surface area contributed by atoms with E-state index in [1.54, 1.807) is 6.33 Å². The fourth-order valence-corrected chi connectivity index (χ4v) is 2.61. The predicted molar refractivity (Wildman–Crippen MR) is 73.2 cm³/mol. The smallest absolute Gasteiger partial charge is 0.115 e. The molecule has 0 aromatic carbocycles. The van der Waals surface area contributed by atoms with Crippen LogP contribution in [0.25, 0.3) is 0 Å². The van der Waals surface area contributed by atoms with Gasteiger partial charge in [-0.15, -0.1) is 0 Å². The highest BCUT2D eigenvalue weighted by Gasteiger charge is 2.24. The summed E-state index contributed by atoms with van der Waals surface area (Å²) < 4.78 is 0. The van der Waals surface area contributed by atoms with Crippen LogP contribution in [0.2, 0.25) is 0 Å². The number of nitrogens with one attached hydrogen (secondary N) is 1. The van der Waals surface area contributed by atoms with E-state index in [1.807, 2.05) is 12.3 Å². The maximum absolute atomic E-state index is 4.31. The van der Waals surface area contributed by atoms with Gasteiger partial charge in [-0.05, 0) is 38.8 Å². The van der Waals surface area contributed by atoms with Crippen LogP contribution >= 0.6 is 0 Å². The predicted octanol–water partition coefficient (Wildman–Crippen LogP) is 1.83. The van der Waals surface area contributed by atoms with Crippen molar-refractivity contribution in [3.8, 4) is 0 Å². The molecule has 1 aromatic rings. The summed E-state index contributed by atoms with van der Waals surface area (Å²) in [7, 11) is 0. The van der Waals surface area contributed by atoms with Gasteiger partial charge in [0.2, 0.25) is 0 Å².